The third-order valence-corrected chi connectivity index (χ3v) is 6.24. The van der Waals surface area contributed by atoms with Crippen molar-refractivity contribution in [3.05, 3.63) is 66.0 Å². The van der Waals surface area contributed by atoms with E-state index in [0.717, 1.165) is 37.6 Å². The summed E-state index contributed by atoms with van der Waals surface area (Å²) in [5.41, 5.74) is 4.49. The molecule has 0 N–H and O–H groups in total. The molecule has 0 saturated carbocycles. The minimum atomic E-state index is 0.0562. The second-order valence-electron chi connectivity index (χ2n) is 7.62. The van der Waals surface area contributed by atoms with Gasteiger partial charge < -0.3 is 14.5 Å². The van der Waals surface area contributed by atoms with Crippen molar-refractivity contribution in [2.24, 2.45) is 0 Å². The van der Waals surface area contributed by atoms with E-state index in [4.69, 9.17) is 4.74 Å². The molecule has 3 aromatic rings. The van der Waals surface area contributed by atoms with Crippen LogP contribution in [-0.2, 0) is 16.1 Å². The van der Waals surface area contributed by atoms with Crippen molar-refractivity contribution in [3.8, 4) is 5.69 Å². The molecule has 0 aliphatic carbocycles. The lowest BCUT2D eigenvalue weighted by Crippen LogP contribution is -2.36. The SMILES string of the molecule is Cc1ccc(-n2cnnc2SCC(=O)N(C)Cc2ccc(N3CCOCC3)cc2)cc1. The third kappa shape index (κ3) is 5.45. The zero-order valence-electron chi connectivity index (χ0n) is 17.9. The molecule has 0 atom stereocenters. The highest BCUT2D eigenvalue weighted by Crippen LogP contribution is 2.21. The minimum absolute atomic E-state index is 0.0562. The topological polar surface area (TPSA) is 63.5 Å². The van der Waals surface area contributed by atoms with E-state index < -0.39 is 0 Å². The minimum Gasteiger partial charge on any atom is -0.378 e. The average Bonchev–Trinajstić information content (AvgIpc) is 3.27. The first-order valence-electron chi connectivity index (χ1n) is 10.4. The van der Waals surface area contributed by atoms with Crippen LogP contribution in [0.25, 0.3) is 5.69 Å². The van der Waals surface area contributed by atoms with Crippen molar-refractivity contribution < 1.29 is 9.53 Å². The number of hydrogen-bond donors (Lipinski definition) is 0. The van der Waals surface area contributed by atoms with Crippen LogP contribution in [0.4, 0.5) is 5.69 Å². The van der Waals surface area contributed by atoms with E-state index in [9.17, 15) is 4.79 Å². The fourth-order valence-electron chi connectivity index (χ4n) is 3.44. The maximum Gasteiger partial charge on any atom is 0.233 e. The molecule has 0 radical (unpaired) electrons. The fraction of sp³-hybridized carbons (Fsp3) is 0.348. The largest absolute Gasteiger partial charge is 0.378 e. The van der Waals surface area contributed by atoms with Crippen molar-refractivity contribution in [2.45, 2.75) is 18.6 Å². The van der Waals surface area contributed by atoms with Gasteiger partial charge in [0.15, 0.2) is 5.16 Å². The van der Waals surface area contributed by atoms with E-state index in [1.165, 1.54) is 23.0 Å². The average molecular weight is 438 g/mol. The van der Waals surface area contributed by atoms with E-state index in [0.29, 0.717) is 17.5 Å². The lowest BCUT2D eigenvalue weighted by molar-refractivity contribution is -0.127. The van der Waals surface area contributed by atoms with Gasteiger partial charge in [-0.25, -0.2) is 0 Å². The summed E-state index contributed by atoms with van der Waals surface area (Å²) in [6, 6.07) is 16.6. The van der Waals surface area contributed by atoms with Gasteiger partial charge in [-0.05, 0) is 36.8 Å². The van der Waals surface area contributed by atoms with Crippen molar-refractivity contribution in [3.63, 3.8) is 0 Å². The van der Waals surface area contributed by atoms with Crippen molar-refractivity contribution in [1.82, 2.24) is 19.7 Å². The molecule has 31 heavy (non-hydrogen) atoms. The Balaban J connectivity index is 1.31. The first-order valence-corrected chi connectivity index (χ1v) is 11.3. The Morgan fingerprint density at radius 1 is 1.06 bits per heavy atom. The Labute approximate surface area is 187 Å². The zero-order chi connectivity index (χ0) is 21.6. The van der Waals surface area contributed by atoms with Gasteiger partial charge in [0.1, 0.15) is 6.33 Å². The van der Waals surface area contributed by atoms with Gasteiger partial charge in [-0.3, -0.25) is 9.36 Å². The van der Waals surface area contributed by atoms with E-state index >= 15 is 0 Å². The summed E-state index contributed by atoms with van der Waals surface area (Å²) in [4.78, 5) is 16.8. The van der Waals surface area contributed by atoms with E-state index in [1.807, 2.05) is 35.9 Å². The molecule has 1 aromatic heterocycles. The normalized spacial score (nSPS) is 13.9. The van der Waals surface area contributed by atoms with Crippen molar-refractivity contribution >= 4 is 23.4 Å². The zero-order valence-corrected chi connectivity index (χ0v) is 18.7. The second kappa shape index (κ2) is 9.98. The van der Waals surface area contributed by atoms with Crippen LogP contribution in [0, 0.1) is 6.92 Å². The first-order chi connectivity index (χ1) is 15.1. The molecule has 1 amide bonds. The van der Waals surface area contributed by atoms with Gasteiger partial charge in [-0.1, -0.05) is 41.6 Å². The monoisotopic (exact) mass is 437 g/mol. The fourth-order valence-corrected chi connectivity index (χ4v) is 4.31. The molecule has 1 saturated heterocycles. The number of morpholine rings is 1. The third-order valence-electron chi connectivity index (χ3n) is 5.31. The van der Waals surface area contributed by atoms with Crippen molar-refractivity contribution in [2.75, 3.05) is 44.0 Å². The summed E-state index contributed by atoms with van der Waals surface area (Å²) in [5, 5.41) is 8.90. The maximum absolute atomic E-state index is 12.7. The number of anilines is 1. The summed E-state index contributed by atoms with van der Waals surface area (Å²) in [6.07, 6.45) is 1.68. The van der Waals surface area contributed by atoms with E-state index in [1.54, 1.807) is 11.2 Å². The molecular formula is C23H27N5O2S. The number of ether oxygens (including phenoxy) is 1. The number of carbonyl (C=O) groups excluding carboxylic acids is 1. The molecule has 2 heterocycles. The predicted molar refractivity (Wildman–Crippen MR) is 123 cm³/mol. The summed E-state index contributed by atoms with van der Waals surface area (Å²) >= 11 is 1.40. The highest BCUT2D eigenvalue weighted by molar-refractivity contribution is 7.99. The van der Waals surface area contributed by atoms with Gasteiger partial charge in [-0.15, -0.1) is 10.2 Å². The van der Waals surface area contributed by atoms with Crippen LogP contribution in [0.3, 0.4) is 0 Å². The molecule has 4 rings (SSSR count). The molecule has 1 fully saturated rings. The van der Waals surface area contributed by atoms with Crippen LogP contribution >= 0.6 is 11.8 Å². The molecule has 0 bridgehead atoms. The summed E-state index contributed by atoms with van der Waals surface area (Å²) in [6.45, 7) is 6.01. The summed E-state index contributed by atoms with van der Waals surface area (Å²) in [5.74, 6) is 0.369. The number of nitrogens with zero attached hydrogens (tertiary/aromatic N) is 5. The van der Waals surface area contributed by atoms with Gasteiger partial charge in [0.2, 0.25) is 5.91 Å². The molecule has 2 aromatic carbocycles. The molecular weight excluding hydrogens is 410 g/mol. The Kier molecular flexibility index (Phi) is 6.89. The number of thioether (sulfide) groups is 1. The van der Waals surface area contributed by atoms with E-state index in [-0.39, 0.29) is 5.91 Å². The highest BCUT2D eigenvalue weighted by atomic mass is 32.2. The van der Waals surface area contributed by atoms with E-state index in [2.05, 4.69) is 46.3 Å². The Morgan fingerprint density at radius 2 is 1.74 bits per heavy atom. The van der Waals surface area contributed by atoms with Gasteiger partial charge in [0.05, 0.1) is 19.0 Å². The lowest BCUT2D eigenvalue weighted by Gasteiger charge is -2.29. The second-order valence-corrected chi connectivity index (χ2v) is 8.57. The van der Waals surface area contributed by atoms with Gasteiger partial charge in [0.25, 0.3) is 0 Å². The summed E-state index contributed by atoms with van der Waals surface area (Å²) < 4.78 is 7.32. The maximum atomic E-state index is 12.7. The number of aryl methyl sites for hydroxylation is 1. The van der Waals surface area contributed by atoms with Gasteiger partial charge in [0, 0.05) is 38.1 Å². The van der Waals surface area contributed by atoms with Crippen LogP contribution < -0.4 is 4.90 Å². The Hall–Kier alpha value is -2.84. The predicted octanol–water partition coefficient (Wildman–Crippen LogP) is 3.16. The highest BCUT2D eigenvalue weighted by Gasteiger charge is 2.15. The van der Waals surface area contributed by atoms with Gasteiger partial charge in [-0.2, -0.15) is 0 Å². The number of hydrogen-bond acceptors (Lipinski definition) is 6. The van der Waals surface area contributed by atoms with Crippen LogP contribution in [-0.4, -0.2) is 64.7 Å². The smallest absolute Gasteiger partial charge is 0.233 e. The first kappa shape index (κ1) is 21.4. The Bertz CT molecular complexity index is 998. The molecule has 1 aliphatic rings. The molecule has 7 nitrogen and oxygen atoms in total. The molecule has 162 valence electrons. The Morgan fingerprint density at radius 3 is 2.45 bits per heavy atom. The standard InChI is InChI=1S/C23H27N5O2S/c1-18-3-7-21(8-4-18)28-17-24-25-23(28)31-16-22(29)26(2)15-19-5-9-20(10-6-19)27-11-13-30-14-12-27/h3-10,17H,11-16H2,1-2H3. The van der Waals surface area contributed by atoms with Crippen LogP contribution in [0.1, 0.15) is 11.1 Å². The summed E-state index contributed by atoms with van der Waals surface area (Å²) in [7, 11) is 1.84. The quantitative estimate of drug-likeness (QED) is 0.529. The number of rotatable bonds is 7. The molecule has 1 aliphatic heterocycles. The lowest BCUT2D eigenvalue weighted by atomic mass is 10.2. The number of carbonyl (C=O) groups is 1. The van der Waals surface area contributed by atoms with Gasteiger partial charge >= 0.3 is 0 Å². The number of amides is 1. The number of aromatic nitrogens is 3. The molecule has 8 heteroatoms. The van der Waals surface area contributed by atoms with Crippen LogP contribution in [0.15, 0.2) is 60.0 Å². The van der Waals surface area contributed by atoms with Crippen LogP contribution in [0.5, 0.6) is 0 Å². The number of benzene rings is 2. The molecule has 0 unspecified atom stereocenters. The molecule has 0 spiro atoms. The van der Waals surface area contributed by atoms with Crippen LogP contribution in [0.2, 0.25) is 0 Å². The van der Waals surface area contributed by atoms with Crippen molar-refractivity contribution in [1.29, 1.82) is 0 Å².